The average Bonchev–Trinajstić information content (AvgIpc) is 3.28. The molecule has 0 saturated carbocycles. The molecule has 2 aliphatic heterocycles. The van der Waals surface area contributed by atoms with Gasteiger partial charge in [-0.1, -0.05) is 36.9 Å². The first-order chi connectivity index (χ1) is 13.6. The SMILES string of the molecule is COCCn1c(SCC(=O)N2CCc3ccccc32)nc2c(c1=O)S[C@@H](C)C2. The van der Waals surface area contributed by atoms with E-state index < -0.39 is 0 Å². The lowest BCUT2D eigenvalue weighted by atomic mass is 10.2. The van der Waals surface area contributed by atoms with Crippen molar-refractivity contribution in [1.82, 2.24) is 9.55 Å². The highest BCUT2D eigenvalue weighted by Gasteiger charge is 2.28. The molecule has 148 valence electrons. The highest BCUT2D eigenvalue weighted by atomic mass is 32.2. The summed E-state index contributed by atoms with van der Waals surface area (Å²) in [7, 11) is 1.61. The zero-order valence-corrected chi connectivity index (χ0v) is 17.6. The number of thioether (sulfide) groups is 2. The summed E-state index contributed by atoms with van der Waals surface area (Å²) < 4.78 is 6.82. The number of methoxy groups -OCH3 is 1. The normalized spacial score (nSPS) is 17.6. The molecule has 8 heteroatoms. The summed E-state index contributed by atoms with van der Waals surface area (Å²) in [5.41, 5.74) is 3.05. The minimum Gasteiger partial charge on any atom is -0.383 e. The maximum absolute atomic E-state index is 12.9. The third kappa shape index (κ3) is 3.73. The highest BCUT2D eigenvalue weighted by Crippen LogP contribution is 2.34. The third-order valence-corrected chi connectivity index (χ3v) is 7.17. The quantitative estimate of drug-likeness (QED) is 0.532. The monoisotopic (exact) mass is 417 g/mol. The van der Waals surface area contributed by atoms with E-state index in [1.807, 2.05) is 23.1 Å². The van der Waals surface area contributed by atoms with Gasteiger partial charge in [-0.15, -0.1) is 11.8 Å². The van der Waals surface area contributed by atoms with Gasteiger partial charge in [0, 0.05) is 31.0 Å². The average molecular weight is 418 g/mol. The van der Waals surface area contributed by atoms with E-state index >= 15 is 0 Å². The molecule has 4 rings (SSSR count). The van der Waals surface area contributed by atoms with Crippen LogP contribution in [0.3, 0.4) is 0 Å². The van der Waals surface area contributed by atoms with Crippen molar-refractivity contribution in [1.29, 1.82) is 0 Å². The van der Waals surface area contributed by atoms with Gasteiger partial charge in [-0.05, 0) is 18.1 Å². The van der Waals surface area contributed by atoms with Crippen LogP contribution in [0.4, 0.5) is 5.69 Å². The number of hydrogen-bond donors (Lipinski definition) is 0. The van der Waals surface area contributed by atoms with Gasteiger partial charge in [-0.25, -0.2) is 4.98 Å². The number of rotatable bonds is 6. The summed E-state index contributed by atoms with van der Waals surface area (Å²) in [6, 6.07) is 8.02. The molecule has 0 aliphatic carbocycles. The number of carbonyl (C=O) groups is 1. The standard InChI is InChI=1S/C20H23N3O3S2/c1-13-11-15-18(28-13)19(25)23(9-10-26-2)20(21-15)27-12-17(24)22-8-7-14-5-3-4-6-16(14)22/h3-6,13H,7-12H2,1-2H3/t13-/m0/s1. The molecule has 0 N–H and O–H groups in total. The second kappa shape index (κ2) is 8.31. The van der Waals surface area contributed by atoms with Crippen molar-refractivity contribution in [3.05, 3.63) is 45.9 Å². The number of benzene rings is 1. The van der Waals surface area contributed by atoms with Gasteiger partial charge < -0.3 is 9.64 Å². The number of carbonyl (C=O) groups excluding carboxylic acids is 1. The first-order valence-corrected chi connectivity index (χ1v) is 11.3. The molecule has 28 heavy (non-hydrogen) atoms. The van der Waals surface area contributed by atoms with Crippen LogP contribution >= 0.6 is 23.5 Å². The van der Waals surface area contributed by atoms with Gasteiger partial charge in [0.05, 0.1) is 29.5 Å². The van der Waals surface area contributed by atoms with Crippen molar-refractivity contribution in [3.63, 3.8) is 0 Å². The maximum atomic E-state index is 12.9. The molecule has 1 aromatic carbocycles. The Morgan fingerprint density at radius 3 is 3.04 bits per heavy atom. The fourth-order valence-corrected chi connectivity index (χ4v) is 5.66. The van der Waals surface area contributed by atoms with Crippen LogP contribution in [-0.4, -0.2) is 46.7 Å². The Labute approximate surface area is 172 Å². The lowest BCUT2D eigenvalue weighted by molar-refractivity contribution is -0.116. The lowest BCUT2D eigenvalue weighted by Gasteiger charge is -2.18. The van der Waals surface area contributed by atoms with Gasteiger partial charge >= 0.3 is 0 Å². The number of hydrogen-bond acceptors (Lipinski definition) is 6. The highest BCUT2D eigenvalue weighted by molar-refractivity contribution is 8.00. The summed E-state index contributed by atoms with van der Waals surface area (Å²) in [6.45, 7) is 3.68. The number of aromatic nitrogens is 2. The van der Waals surface area contributed by atoms with Gasteiger partial charge in [0.15, 0.2) is 5.16 Å². The van der Waals surface area contributed by atoms with Crippen LogP contribution in [0.25, 0.3) is 0 Å². The molecule has 0 radical (unpaired) electrons. The number of para-hydroxylation sites is 1. The first kappa shape index (κ1) is 19.5. The number of anilines is 1. The predicted molar refractivity (Wildman–Crippen MR) is 113 cm³/mol. The van der Waals surface area contributed by atoms with E-state index in [4.69, 9.17) is 9.72 Å². The molecule has 2 aromatic rings. The largest absolute Gasteiger partial charge is 0.383 e. The van der Waals surface area contributed by atoms with E-state index in [9.17, 15) is 9.59 Å². The minimum absolute atomic E-state index is 0.0159. The molecule has 1 atom stereocenters. The second-order valence-electron chi connectivity index (χ2n) is 6.97. The molecule has 0 fully saturated rings. The fraction of sp³-hybridized carbons (Fsp3) is 0.450. The lowest BCUT2D eigenvalue weighted by Crippen LogP contribution is -2.31. The van der Waals surface area contributed by atoms with Crippen LogP contribution in [0.15, 0.2) is 39.1 Å². The summed E-state index contributed by atoms with van der Waals surface area (Å²) in [5, 5.41) is 0.963. The van der Waals surface area contributed by atoms with Crippen molar-refractivity contribution in [2.45, 2.75) is 41.6 Å². The molecule has 0 spiro atoms. The van der Waals surface area contributed by atoms with Crippen molar-refractivity contribution >= 4 is 35.1 Å². The third-order valence-electron chi connectivity index (χ3n) is 4.99. The Morgan fingerprint density at radius 2 is 2.21 bits per heavy atom. The van der Waals surface area contributed by atoms with Crippen molar-refractivity contribution in [3.8, 4) is 0 Å². The molecule has 0 unspecified atom stereocenters. The van der Waals surface area contributed by atoms with Gasteiger partial charge in [-0.3, -0.25) is 14.2 Å². The minimum atomic E-state index is -0.0159. The predicted octanol–water partition coefficient (Wildman–Crippen LogP) is 2.61. The van der Waals surface area contributed by atoms with E-state index in [0.29, 0.717) is 30.1 Å². The van der Waals surface area contributed by atoms with E-state index in [1.165, 1.54) is 17.3 Å². The van der Waals surface area contributed by atoms with Gasteiger partial charge in [0.2, 0.25) is 5.91 Å². The topological polar surface area (TPSA) is 64.4 Å². The second-order valence-corrected chi connectivity index (χ2v) is 9.36. The molecule has 3 heterocycles. The number of fused-ring (bicyclic) bond motifs is 2. The molecule has 6 nitrogen and oxygen atoms in total. The summed E-state index contributed by atoms with van der Waals surface area (Å²) in [5.74, 6) is 0.306. The molecule has 1 amide bonds. The van der Waals surface area contributed by atoms with Gasteiger partial charge in [-0.2, -0.15) is 0 Å². The van der Waals surface area contributed by atoms with E-state index in [2.05, 4.69) is 13.0 Å². The first-order valence-electron chi connectivity index (χ1n) is 9.39. The molecule has 1 aromatic heterocycles. The van der Waals surface area contributed by atoms with Crippen molar-refractivity contribution in [2.75, 3.05) is 30.9 Å². The summed E-state index contributed by atoms with van der Waals surface area (Å²) >= 11 is 2.93. The molecule has 0 saturated heterocycles. The molecular weight excluding hydrogens is 394 g/mol. The van der Waals surface area contributed by atoms with Crippen LogP contribution in [0.5, 0.6) is 0 Å². The molecule has 0 bridgehead atoms. The van der Waals surface area contributed by atoms with Crippen LogP contribution in [0, 0.1) is 0 Å². The Balaban J connectivity index is 1.55. The smallest absolute Gasteiger partial charge is 0.268 e. The van der Waals surface area contributed by atoms with E-state index in [-0.39, 0.29) is 17.2 Å². The zero-order chi connectivity index (χ0) is 19.7. The van der Waals surface area contributed by atoms with Crippen LogP contribution < -0.4 is 10.5 Å². The number of nitrogens with zero attached hydrogens (tertiary/aromatic N) is 3. The maximum Gasteiger partial charge on any atom is 0.268 e. The molecular formula is C20H23N3O3S2. The number of ether oxygens (including phenoxy) is 1. The van der Waals surface area contributed by atoms with Crippen LogP contribution in [0.2, 0.25) is 0 Å². The summed E-state index contributed by atoms with van der Waals surface area (Å²) in [6.07, 6.45) is 1.68. The van der Waals surface area contributed by atoms with Gasteiger partial charge in [0.1, 0.15) is 0 Å². The van der Waals surface area contributed by atoms with Crippen LogP contribution in [0.1, 0.15) is 18.2 Å². The zero-order valence-electron chi connectivity index (χ0n) is 16.0. The van der Waals surface area contributed by atoms with E-state index in [1.54, 1.807) is 23.4 Å². The Bertz CT molecular complexity index is 960. The molecule has 2 aliphatic rings. The number of amides is 1. The summed E-state index contributed by atoms with van der Waals surface area (Å²) in [4.78, 5) is 33.1. The Hall–Kier alpha value is -1.77. The van der Waals surface area contributed by atoms with Crippen molar-refractivity contribution in [2.24, 2.45) is 0 Å². The Kier molecular flexibility index (Phi) is 5.80. The fourth-order valence-electron chi connectivity index (χ4n) is 3.62. The van der Waals surface area contributed by atoms with E-state index in [0.717, 1.165) is 29.1 Å². The van der Waals surface area contributed by atoms with Crippen LogP contribution in [-0.2, 0) is 28.9 Å². The van der Waals surface area contributed by atoms with Crippen molar-refractivity contribution < 1.29 is 9.53 Å². The Morgan fingerprint density at radius 1 is 1.39 bits per heavy atom. The van der Waals surface area contributed by atoms with Gasteiger partial charge in [0.25, 0.3) is 5.56 Å².